The van der Waals surface area contributed by atoms with Crippen molar-refractivity contribution >= 4 is 50.7 Å². The van der Waals surface area contributed by atoms with E-state index in [1.165, 1.54) is 11.6 Å². The summed E-state index contributed by atoms with van der Waals surface area (Å²) in [5.41, 5.74) is 4.87. The molecule has 0 aliphatic carbocycles. The van der Waals surface area contributed by atoms with Gasteiger partial charge in [-0.1, -0.05) is 11.6 Å². The summed E-state index contributed by atoms with van der Waals surface area (Å²) in [7, 11) is 1.60. The lowest BCUT2D eigenvalue weighted by molar-refractivity contribution is -0.141. The van der Waals surface area contributed by atoms with Crippen LogP contribution in [0.3, 0.4) is 0 Å². The minimum absolute atomic E-state index is 0.0180. The highest BCUT2D eigenvalue weighted by Crippen LogP contribution is 2.40. The first kappa shape index (κ1) is 20.1. The molecule has 12 heteroatoms. The molecule has 3 heterocycles. The van der Waals surface area contributed by atoms with Crippen LogP contribution in [-0.4, -0.2) is 26.6 Å². The Balaban J connectivity index is 2.16. The molecule has 0 aliphatic rings. The molecule has 0 fully saturated rings. The van der Waals surface area contributed by atoms with E-state index in [1.807, 2.05) is 0 Å². The van der Waals surface area contributed by atoms with E-state index in [9.17, 15) is 22.8 Å². The molecule has 3 aromatic rings. The number of nitrogens with one attached hydrogen (secondary N) is 1. The molecule has 0 radical (unpaired) electrons. The van der Waals surface area contributed by atoms with E-state index in [-0.39, 0.29) is 37.1 Å². The lowest BCUT2D eigenvalue weighted by Crippen LogP contribution is -2.17. The number of amides is 2. The number of aromatic nitrogens is 3. The molecule has 0 aliphatic heterocycles. The number of alkyl halides is 3. The molecule has 7 nitrogen and oxygen atoms in total. The maximum atomic E-state index is 13.0. The fourth-order valence-electron chi connectivity index (χ4n) is 2.62. The molecule has 148 valence electrons. The van der Waals surface area contributed by atoms with Gasteiger partial charge in [-0.05, 0) is 25.5 Å². The number of thiophene rings is 1. The number of nitrogens with zero attached hydrogens (tertiary/aromatic N) is 3. The molecule has 3 aromatic heterocycles. The molecule has 0 aromatic carbocycles. The van der Waals surface area contributed by atoms with Crippen LogP contribution in [0.2, 0.25) is 5.02 Å². The lowest BCUT2D eigenvalue weighted by Gasteiger charge is -2.09. The van der Waals surface area contributed by atoms with Crippen molar-refractivity contribution in [1.29, 1.82) is 0 Å². The summed E-state index contributed by atoms with van der Waals surface area (Å²) in [5, 5.41) is 6.83. The van der Waals surface area contributed by atoms with Gasteiger partial charge in [0.2, 0.25) is 0 Å². The Morgan fingerprint density at radius 2 is 1.96 bits per heavy atom. The van der Waals surface area contributed by atoms with Gasteiger partial charge in [-0.15, -0.1) is 11.3 Å². The Morgan fingerprint density at radius 3 is 2.46 bits per heavy atom. The summed E-state index contributed by atoms with van der Waals surface area (Å²) >= 11 is 6.77. The minimum atomic E-state index is -4.65. The first-order valence-electron chi connectivity index (χ1n) is 7.73. The summed E-state index contributed by atoms with van der Waals surface area (Å²) < 4.78 is 40.5. The second-order valence-electron chi connectivity index (χ2n) is 6.00. The van der Waals surface area contributed by atoms with Crippen molar-refractivity contribution in [3.63, 3.8) is 0 Å². The average molecular weight is 432 g/mol. The predicted molar refractivity (Wildman–Crippen MR) is 98.8 cm³/mol. The van der Waals surface area contributed by atoms with E-state index in [0.29, 0.717) is 17.0 Å². The number of aryl methyl sites for hydroxylation is 2. The molecule has 0 saturated heterocycles. The second-order valence-corrected chi connectivity index (χ2v) is 7.38. The molecular weight excluding hydrogens is 419 g/mol. The van der Waals surface area contributed by atoms with Gasteiger partial charge in [-0.25, -0.2) is 4.98 Å². The number of carbonyl (C=O) groups excluding carboxylic acids is 2. The zero-order chi connectivity index (χ0) is 21.0. The molecular formula is C16H13ClF3N5O2S. The standard InChI is InChI=1S/C16H13ClF3N5O2S/c1-5-4-7(16(18,19)20)22-15-8(5)10(12(28-15)13(21)26)23-14(27)11-9(17)6(2)25(3)24-11/h4H,1-3H3,(H2,21,26)(H,23,27). The normalized spacial score (nSPS) is 11.8. The quantitative estimate of drug-likeness (QED) is 0.660. The van der Waals surface area contributed by atoms with Crippen LogP contribution in [0.25, 0.3) is 10.2 Å². The Morgan fingerprint density at radius 1 is 1.32 bits per heavy atom. The SMILES string of the molecule is Cc1cc(C(F)(F)F)nc2sc(C(N)=O)c(NC(=O)c3nn(C)c(C)c3Cl)c12. The van der Waals surface area contributed by atoms with E-state index in [2.05, 4.69) is 15.4 Å². The van der Waals surface area contributed by atoms with Gasteiger partial charge in [0.15, 0.2) is 5.69 Å². The average Bonchev–Trinajstić information content (AvgIpc) is 3.07. The van der Waals surface area contributed by atoms with Crippen LogP contribution in [0, 0.1) is 13.8 Å². The number of hydrogen-bond acceptors (Lipinski definition) is 5. The number of fused-ring (bicyclic) bond motifs is 1. The molecule has 0 saturated carbocycles. The number of anilines is 1. The molecule has 28 heavy (non-hydrogen) atoms. The zero-order valence-corrected chi connectivity index (χ0v) is 16.3. The predicted octanol–water partition coefficient (Wildman–Crippen LogP) is 3.67. The van der Waals surface area contributed by atoms with Crippen LogP contribution in [0.5, 0.6) is 0 Å². The first-order chi connectivity index (χ1) is 12.9. The number of pyridine rings is 1. The number of halogens is 4. The fourth-order valence-corrected chi connectivity index (χ4v) is 3.92. The zero-order valence-electron chi connectivity index (χ0n) is 14.7. The number of primary amides is 1. The number of carbonyl (C=O) groups is 2. The van der Waals surface area contributed by atoms with E-state index in [1.54, 1.807) is 14.0 Å². The van der Waals surface area contributed by atoms with Crippen LogP contribution in [-0.2, 0) is 13.2 Å². The first-order valence-corrected chi connectivity index (χ1v) is 8.92. The van der Waals surface area contributed by atoms with E-state index in [0.717, 1.165) is 6.07 Å². The third-order valence-electron chi connectivity index (χ3n) is 4.09. The maximum absolute atomic E-state index is 13.0. The smallest absolute Gasteiger partial charge is 0.365 e. The second kappa shape index (κ2) is 6.74. The molecule has 0 unspecified atom stereocenters. The van der Waals surface area contributed by atoms with Crippen molar-refractivity contribution in [2.75, 3.05) is 5.32 Å². The maximum Gasteiger partial charge on any atom is 0.433 e. The highest BCUT2D eigenvalue weighted by molar-refractivity contribution is 7.21. The highest BCUT2D eigenvalue weighted by Gasteiger charge is 2.34. The molecule has 0 spiro atoms. The molecule has 0 atom stereocenters. The third-order valence-corrected chi connectivity index (χ3v) is 5.64. The fraction of sp³-hybridized carbons (Fsp3) is 0.250. The Hall–Kier alpha value is -2.66. The Bertz CT molecular complexity index is 1140. The van der Waals surface area contributed by atoms with E-state index in [4.69, 9.17) is 17.3 Å². The molecule has 3 rings (SSSR count). The summed E-state index contributed by atoms with van der Waals surface area (Å²) in [4.78, 5) is 27.8. The number of nitrogens with two attached hydrogens (primary N) is 1. The van der Waals surface area contributed by atoms with Crippen LogP contribution < -0.4 is 11.1 Å². The minimum Gasteiger partial charge on any atom is -0.365 e. The van der Waals surface area contributed by atoms with Crippen LogP contribution in [0.1, 0.15) is 37.1 Å². The van der Waals surface area contributed by atoms with Crippen molar-refractivity contribution in [2.24, 2.45) is 12.8 Å². The monoisotopic (exact) mass is 431 g/mol. The topological polar surface area (TPSA) is 103 Å². The van der Waals surface area contributed by atoms with Crippen LogP contribution >= 0.6 is 22.9 Å². The summed E-state index contributed by atoms with van der Waals surface area (Å²) in [6.07, 6.45) is -4.65. The van der Waals surface area contributed by atoms with Gasteiger partial charge in [0.05, 0.1) is 16.4 Å². The van der Waals surface area contributed by atoms with Crippen molar-refractivity contribution in [2.45, 2.75) is 20.0 Å². The Labute approximate surface area is 165 Å². The van der Waals surface area contributed by atoms with Gasteiger partial charge < -0.3 is 11.1 Å². The summed E-state index contributed by atoms with van der Waals surface area (Å²) in [6, 6.07) is 0.841. The number of hydrogen-bond donors (Lipinski definition) is 2. The van der Waals surface area contributed by atoms with Crippen molar-refractivity contribution in [3.8, 4) is 0 Å². The molecule has 2 amide bonds. The number of rotatable bonds is 3. The van der Waals surface area contributed by atoms with Gasteiger partial charge >= 0.3 is 6.18 Å². The summed E-state index contributed by atoms with van der Waals surface area (Å²) in [5.74, 6) is -1.63. The summed E-state index contributed by atoms with van der Waals surface area (Å²) in [6.45, 7) is 3.08. The van der Waals surface area contributed by atoms with Crippen LogP contribution in [0.4, 0.5) is 18.9 Å². The van der Waals surface area contributed by atoms with Crippen molar-refractivity contribution < 1.29 is 22.8 Å². The van der Waals surface area contributed by atoms with Crippen molar-refractivity contribution in [1.82, 2.24) is 14.8 Å². The van der Waals surface area contributed by atoms with E-state index >= 15 is 0 Å². The van der Waals surface area contributed by atoms with Crippen LogP contribution in [0.15, 0.2) is 6.07 Å². The van der Waals surface area contributed by atoms with Gasteiger partial charge in [0, 0.05) is 12.4 Å². The lowest BCUT2D eigenvalue weighted by atomic mass is 10.1. The largest absolute Gasteiger partial charge is 0.433 e. The van der Waals surface area contributed by atoms with Gasteiger partial charge in [0.1, 0.15) is 15.4 Å². The highest BCUT2D eigenvalue weighted by atomic mass is 35.5. The van der Waals surface area contributed by atoms with Gasteiger partial charge in [-0.2, -0.15) is 18.3 Å². The molecule has 3 N–H and O–H groups in total. The van der Waals surface area contributed by atoms with E-state index < -0.39 is 23.7 Å². The third kappa shape index (κ3) is 3.31. The van der Waals surface area contributed by atoms with Gasteiger partial charge in [-0.3, -0.25) is 14.3 Å². The van der Waals surface area contributed by atoms with Crippen molar-refractivity contribution in [3.05, 3.63) is 38.6 Å². The Kier molecular flexibility index (Phi) is 4.84. The molecule has 0 bridgehead atoms. The van der Waals surface area contributed by atoms with Gasteiger partial charge in [0.25, 0.3) is 11.8 Å².